The molecule has 0 spiro atoms. The standard InChI is InChI=1S/C17H12N4S2/c18-10-12(17(19)22)9-13-11-21(14-5-2-1-3-6-14)20-16(13)15-7-4-8-23-15/h1-9,11H,(H2,19,22)/b12-9-. The van der Waals surface area contributed by atoms with Crippen LogP contribution in [0.15, 0.2) is 59.6 Å². The Morgan fingerprint density at radius 2 is 2.04 bits per heavy atom. The second-order valence-electron chi connectivity index (χ2n) is 4.72. The molecule has 0 radical (unpaired) electrons. The molecule has 2 aromatic heterocycles. The fourth-order valence-electron chi connectivity index (χ4n) is 2.12. The molecule has 23 heavy (non-hydrogen) atoms. The van der Waals surface area contributed by atoms with Gasteiger partial charge in [0.1, 0.15) is 16.8 Å². The van der Waals surface area contributed by atoms with Crippen molar-refractivity contribution >= 4 is 34.6 Å². The minimum Gasteiger partial charge on any atom is -0.389 e. The van der Waals surface area contributed by atoms with Crippen LogP contribution in [0.3, 0.4) is 0 Å². The Labute approximate surface area is 143 Å². The van der Waals surface area contributed by atoms with Gasteiger partial charge in [0.15, 0.2) is 0 Å². The van der Waals surface area contributed by atoms with Gasteiger partial charge >= 0.3 is 0 Å². The minimum absolute atomic E-state index is 0.0806. The highest BCUT2D eigenvalue weighted by Gasteiger charge is 2.13. The molecule has 0 aliphatic heterocycles. The van der Waals surface area contributed by atoms with Crippen LogP contribution in [0.4, 0.5) is 0 Å². The van der Waals surface area contributed by atoms with Gasteiger partial charge in [0.05, 0.1) is 16.1 Å². The van der Waals surface area contributed by atoms with Gasteiger partial charge < -0.3 is 5.73 Å². The predicted octanol–water partition coefficient (Wildman–Crippen LogP) is 3.79. The molecule has 0 aliphatic carbocycles. The zero-order valence-electron chi connectivity index (χ0n) is 12.0. The van der Waals surface area contributed by atoms with Crippen molar-refractivity contribution < 1.29 is 0 Å². The van der Waals surface area contributed by atoms with E-state index in [2.05, 4.69) is 5.10 Å². The summed E-state index contributed by atoms with van der Waals surface area (Å²) in [6.07, 6.45) is 3.56. The van der Waals surface area contributed by atoms with E-state index in [1.807, 2.05) is 60.1 Å². The highest BCUT2D eigenvalue weighted by molar-refractivity contribution is 7.80. The van der Waals surface area contributed by atoms with Crippen molar-refractivity contribution in [2.75, 3.05) is 0 Å². The Morgan fingerprint density at radius 1 is 1.26 bits per heavy atom. The minimum atomic E-state index is 0.0806. The van der Waals surface area contributed by atoms with Gasteiger partial charge in [-0.15, -0.1) is 11.3 Å². The van der Waals surface area contributed by atoms with Gasteiger partial charge in [0, 0.05) is 11.8 Å². The molecule has 0 saturated carbocycles. The quantitative estimate of drug-likeness (QED) is 0.447. The molecule has 2 N–H and O–H groups in total. The van der Waals surface area contributed by atoms with E-state index < -0.39 is 0 Å². The third-order valence-corrected chi connectivity index (χ3v) is 4.30. The number of hydrogen-bond donors (Lipinski definition) is 1. The van der Waals surface area contributed by atoms with E-state index in [0.29, 0.717) is 0 Å². The third kappa shape index (κ3) is 3.21. The molecular weight excluding hydrogens is 324 g/mol. The van der Waals surface area contributed by atoms with Crippen molar-refractivity contribution in [2.45, 2.75) is 0 Å². The highest BCUT2D eigenvalue weighted by atomic mass is 32.1. The lowest BCUT2D eigenvalue weighted by atomic mass is 10.1. The summed E-state index contributed by atoms with van der Waals surface area (Å²) in [7, 11) is 0. The average Bonchev–Trinajstić information content (AvgIpc) is 3.22. The number of hydrogen-bond acceptors (Lipinski definition) is 4. The predicted molar refractivity (Wildman–Crippen MR) is 97.3 cm³/mol. The molecule has 0 aliphatic rings. The number of thiophene rings is 1. The van der Waals surface area contributed by atoms with Crippen LogP contribution >= 0.6 is 23.6 Å². The zero-order valence-corrected chi connectivity index (χ0v) is 13.6. The molecule has 6 heteroatoms. The number of para-hydroxylation sites is 1. The maximum absolute atomic E-state index is 9.19. The number of nitriles is 1. The van der Waals surface area contributed by atoms with Gasteiger partial charge in [-0.25, -0.2) is 4.68 Å². The fraction of sp³-hybridized carbons (Fsp3) is 0. The molecule has 0 bridgehead atoms. The van der Waals surface area contributed by atoms with Gasteiger partial charge in [-0.05, 0) is 29.7 Å². The number of nitrogens with zero attached hydrogens (tertiary/aromatic N) is 3. The first-order valence-electron chi connectivity index (χ1n) is 6.79. The van der Waals surface area contributed by atoms with E-state index >= 15 is 0 Å². The first-order valence-corrected chi connectivity index (χ1v) is 8.08. The maximum atomic E-state index is 9.19. The monoisotopic (exact) mass is 336 g/mol. The van der Waals surface area contributed by atoms with Crippen molar-refractivity contribution in [3.63, 3.8) is 0 Å². The van der Waals surface area contributed by atoms with Crippen LogP contribution in [0.5, 0.6) is 0 Å². The van der Waals surface area contributed by atoms with Crippen molar-refractivity contribution in [3.8, 4) is 22.3 Å². The highest BCUT2D eigenvalue weighted by Crippen LogP contribution is 2.29. The Hall–Kier alpha value is -2.75. The molecule has 4 nitrogen and oxygen atoms in total. The average molecular weight is 336 g/mol. The number of thiocarbonyl (C=S) groups is 1. The lowest BCUT2D eigenvalue weighted by Gasteiger charge is -1.99. The topological polar surface area (TPSA) is 67.6 Å². The van der Waals surface area contributed by atoms with Gasteiger partial charge in [-0.2, -0.15) is 10.4 Å². The summed E-state index contributed by atoms with van der Waals surface area (Å²) in [5.74, 6) is 0. The van der Waals surface area contributed by atoms with Crippen molar-refractivity contribution in [3.05, 3.63) is 65.2 Å². The molecule has 2 heterocycles. The normalized spacial score (nSPS) is 11.2. The second kappa shape index (κ2) is 6.57. The van der Waals surface area contributed by atoms with Crippen LogP contribution in [-0.4, -0.2) is 14.8 Å². The number of nitrogens with two attached hydrogens (primary N) is 1. The molecule has 3 rings (SSSR count). The molecule has 112 valence electrons. The van der Waals surface area contributed by atoms with Crippen LogP contribution in [0.2, 0.25) is 0 Å². The SMILES string of the molecule is N#C/C(=C/c1cn(-c2ccccc2)nc1-c1cccs1)C(N)=S. The van der Waals surface area contributed by atoms with E-state index in [9.17, 15) is 5.26 Å². The van der Waals surface area contributed by atoms with Crippen molar-refractivity contribution in [1.82, 2.24) is 9.78 Å². The first kappa shape index (κ1) is 15.2. The Kier molecular flexibility index (Phi) is 4.33. The summed E-state index contributed by atoms with van der Waals surface area (Å²) in [6, 6.07) is 15.8. The van der Waals surface area contributed by atoms with Gasteiger partial charge in [0.2, 0.25) is 0 Å². The van der Waals surface area contributed by atoms with Crippen LogP contribution in [-0.2, 0) is 0 Å². The number of rotatable bonds is 4. The maximum Gasteiger partial charge on any atom is 0.114 e. The summed E-state index contributed by atoms with van der Waals surface area (Å²) >= 11 is 6.51. The first-order chi connectivity index (χ1) is 11.2. The number of aromatic nitrogens is 2. The van der Waals surface area contributed by atoms with Crippen molar-refractivity contribution in [1.29, 1.82) is 5.26 Å². The molecule has 0 saturated heterocycles. The summed E-state index contributed by atoms with van der Waals surface area (Å²) in [5.41, 5.74) is 8.42. The van der Waals surface area contributed by atoms with E-state index in [1.54, 1.807) is 22.1 Å². The summed E-state index contributed by atoms with van der Waals surface area (Å²) in [6.45, 7) is 0. The molecule has 3 aromatic rings. The molecule has 1 aromatic carbocycles. The van der Waals surface area contributed by atoms with Crippen LogP contribution in [0.1, 0.15) is 5.56 Å². The third-order valence-electron chi connectivity index (χ3n) is 3.20. The van der Waals surface area contributed by atoms with Crippen molar-refractivity contribution in [2.24, 2.45) is 5.73 Å². The fourth-order valence-corrected chi connectivity index (χ4v) is 2.96. The lowest BCUT2D eigenvalue weighted by molar-refractivity contribution is 0.885. The Morgan fingerprint density at radius 3 is 2.65 bits per heavy atom. The van der Waals surface area contributed by atoms with Crippen LogP contribution in [0, 0.1) is 11.3 Å². The smallest absolute Gasteiger partial charge is 0.114 e. The molecular formula is C17H12N4S2. The zero-order chi connectivity index (χ0) is 16.2. The van der Waals surface area contributed by atoms with Crippen LogP contribution < -0.4 is 5.73 Å². The van der Waals surface area contributed by atoms with E-state index in [1.165, 1.54) is 0 Å². The Bertz CT molecular complexity index is 900. The largest absolute Gasteiger partial charge is 0.389 e. The van der Waals surface area contributed by atoms with E-state index in [4.69, 9.17) is 18.0 Å². The van der Waals surface area contributed by atoms with E-state index in [-0.39, 0.29) is 10.6 Å². The second-order valence-corrected chi connectivity index (χ2v) is 6.11. The Balaban J connectivity index is 2.16. The molecule has 0 atom stereocenters. The van der Waals surface area contributed by atoms with Gasteiger partial charge in [0.25, 0.3) is 0 Å². The van der Waals surface area contributed by atoms with Crippen LogP contribution in [0.25, 0.3) is 22.3 Å². The van der Waals surface area contributed by atoms with Gasteiger partial charge in [-0.1, -0.05) is 36.5 Å². The van der Waals surface area contributed by atoms with E-state index in [0.717, 1.165) is 21.8 Å². The lowest BCUT2D eigenvalue weighted by Crippen LogP contribution is -2.09. The molecule has 0 amide bonds. The summed E-state index contributed by atoms with van der Waals surface area (Å²) in [5, 5.41) is 15.8. The van der Waals surface area contributed by atoms with Gasteiger partial charge in [-0.3, -0.25) is 0 Å². The molecule has 0 fully saturated rings. The molecule has 0 unspecified atom stereocenters. The summed E-state index contributed by atoms with van der Waals surface area (Å²) < 4.78 is 1.79. The summed E-state index contributed by atoms with van der Waals surface area (Å²) in [4.78, 5) is 1.10. The number of benzene rings is 1.